The second-order valence-corrected chi connectivity index (χ2v) is 10.8. The minimum atomic E-state index is -3.36. The number of hydrogen-bond donors (Lipinski definition) is 4. The fraction of sp³-hybridized carbons (Fsp3) is 0.355. The molecule has 43 heavy (non-hydrogen) atoms. The number of carbonyl (C=O) groups is 2. The molecule has 12 heteroatoms. The standard InChI is InChI=1S/C30H30ClF2N3O5.CH5N/c1-30(32,33)41-24-8-5-17-9-10-36(26(17)16-24)28(37)27(18-3-6-20(31)7-4-18)35-23-13-22(14-25(15-23)40-2)34-21-11-19(12-21)29(38)39;1-2/h3-8,13-16,19,21,27,34-35H,9-12H2,1-2H3,(H,38,39);2H2,1H3. The first-order chi connectivity index (χ1) is 20.5. The summed E-state index contributed by atoms with van der Waals surface area (Å²) in [6, 6.07) is 16.1. The van der Waals surface area contributed by atoms with Crippen LogP contribution in [0.2, 0.25) is 5.02 Å². The van der Waals surface area contributed by atoms with E-state index in [0.29, 0.717) is 60.4 Å². The van der Waals surface area contributed by atoms with Gasteiger partial charge in [0, 0.05) is 54.1 Å². The second-order valence-electron chi connectivity index (χ2n) is 10.4. The monoisotopic (exact) mass is 616 g/mol. The van der Waals surface area contributed by atoms with Crippen LogP contribution in [0.25, 0.3) is 0 Å². The van der Waals surface area contributed by atoms with E-state index in [1.807, 2.05) is 6.07 Å². The van der Waals surface area contributed by atoms with Gasteiger partial charge in [-0.3, -0.25) is 9.59 Å². The van der Waals surface area contributed by atoms with E-state index >= 15 is 0 Å². The van der Waals surface area contributed by atoms with Crippen LogP contribution in [0.5, 0.6) is 11.5 Å². The fourth-order valence-corrected chi connectivity index (χ4v) is 5.31. The summed E-state index contributed by atoms with van der Waals surface area (Å²) < 4.78 is 37.3. The molecule has 5 rings (SSSR count). The average Bonchev–Trinajstić information content (AvgIpc) is 3.37. The quantitative estimate of drug-likeness (QED) is 0.221. The Kier molecular flexibility index (Phi) is 9.98. The van der Waals surface area contributed by atoms with E-state index in [1.54, 1.807) is 47.4 Å². The highest BCUT2D eigenvalue weighted by Gasteiger charge is 2.35. The Morgan fingerprint density at radius 1 is 1.05 bits per heavy atom. The molecule has 1 amide bonds. The van der Waals surface area contributed by atoms with Gasteiger partial charge in [-0.05, 0) is 61.7 Å². The van der Waals surface area contributed by atoms with Gasteiger partial charge in [0.1, 0.15) is 17.5 Å². The zero-order valence-corrected chi connectivity index (χ0v) is 24.8. The molecule has 3 aromatic carbocycles. The number of anilines is 3. The van der Waals surface area contributed by atoms with Crippen LogP contribution < -0.4 is 30.7 Å². The summed E-state index contributed by atoms with van der Waals surface area (Å²) in [5.74, 6) is -0.933. The molecule has 1 aliphatic carbocycles. The number of carboxylic acid groups (broad SMARTS) is 1. The average molecular weight is 617 g/mol. The van der Waals surface area contributed by atoms with Gasteiger partial charge in [-0.15, -0.1) is 0 Å². The molecule has 2 aliphatic rings. The summed E-state index contributed by atoms with van der Waals surface area (Å²) in [7, 11) is 3.04. The van der Waals surface area contributed by atoms with Gasteiger partial charge in [-0.2, -0.15) is 8.78 Å². The van der Waals surface area contributed by atoms with Gasteiger partial charge in [0.2, 0.25) is 0 Å². The predicted octanol–water partition coefficient (Wildman–Crippen LogP) is 5.93. The van der Waals surface area contributed by atoms with Crippen LogP contribution in [0, 0.1) is 5.92 Å². The van der Waals surface area contributed by atoms with Crippen LogP contribution in [-0.2, 0) is 16.0 Å². The summed E-state index contributed by atoms with van der Waals surface area (Å²) in [5, 5.41) is 16.4. The molecule has 1 saturated carbocycles. The Labute approximate surface area is 253 Å². The van der Waals surface area contributed by atoms with E-state index in [9.17, 15) is 23.5 Å². The second kappa shape index (κ2) is 13.5. The van der Waals surface area contributed by atoms with Crippen molar-refractivity contribution in [2.45, 2.75) is 44.4 Å². The van der Waals surface area contributed by atoms with E-state index in [0.717, 1.165) is 11.3 Å². The van der Waals surface area contributed by atoms with Crippen molar-refractivity contribution in [3.63, 3.8) is 0 Å². The smallest absolute Gasteiger partial charge is 0.394 e. The molecule has 1 fully saturated rings. The summed E-state index contributed by atoms with van der Waals surface area (Å²) in [4.78, 5) is 26.9. The molecule has 0 radical (unpaired) electrons. The topological polar surface area (TPSA) is 126 Å². The van der Waals surface area contributed by atoms with Crippen molar-refractivity contribution in [3.8, 4) is 11.5 Å². The van der Waals surface area contributed by atoms with Crippen molar-refractivity contribution in [2.75, 3.05) is 36.2 Å². The zero-order chi connectivity index (χ0) is 31.3. The minimum absolute atomic E-state index is 0.0118. The highest BCUT2D eigenvalue weighted by atomic mass is 35.5. The molecular formula is C31H35ClF2N4O5. The number of ether oxygens (including phenoxy) is 2. The third-order valence-corrected chi connectivity index (χ3v) is 7.53. The molecule has 0 saturated heterocycles. The van der Waals surface area contributed by atoms with E-state index in [1.165, 1.54) is 26.3 Å². The molecule has 0 spiro atoms. The first-order valence-electron chi connectivity index (χ1n) is 13.8. The number of carboxylic acids is 1. The van der Waals surface area contributed by atoms with E-state index in [-0.39, 0.29) is 23.6 Å². The Hall–Kier alpha value is -4.09. The third kappa shape index (κ3) is 7.85. The molecule has 3 aromatic rings. The normalized spacial score (nSPS) is 17.9. The Morgan fingerprint density at radius 3 is 2.35 bits per heavy atom. The van der Waals surface area contributed by atoms with Crippen LogP contribution in [0.15, 0.2) is 60.7 Å². The third-order valence-electron chi connectivity index (χ3n) is 7.28. The number of alkyl halides is 2. The number of benzene rings is 3. The number of nitrogens with two attached hydrogens (primary N) is 1. The van der Waals surface area contributed by atoms with E-state index in [2.05, 4.69) is 16.4 Å². The van der Waals surface area contributed by atoms with Crippen molar-refractivity contribution in [1.29, 1.82) is 0 Å². The maximum absolute atomic E-state index is 14.1. The highest BCUT2D eigenvalue weighted by molar-refractivity contribution is 6.30. The molecular weight excluding hydrogens is 582 g/mol. The van der Waals surface area contributed by atoms with Crippen LogP contribution in [0.4, 0.5) is 25.8 Å². The van der Waals surface area contributed by atoms with Crippen LogP contribution in [-0.4, -0.2) is 49.8 Å². The lowest BCUT2D eigenvalue weighted by Crippen LogP contribution is -2.39. The van der Waals surface area contributed by atoms with E-state index < -0.39 is 18.1 Å². The number of fused-ring (bicyclic) bond motifs is 1. The van der Waals surface area contributed by atoms with Crippen molar-refractivity contribution in [3.05, 3.63) is 76.8 Å². The van der Waals surface area contributed by atoms with Gasteiger partial charge in [0.25, 0.3) is 5.91 Å². The predicted molar refractivity (Wildman–Crippen MR) is 162 cm³/mol. The van der Waals surface area contributed by atoms with Crippen LogP contribution in [0.3, 0.4) is 0 Å². The lowest BCUT2D eigenvalue weighted by Gasteiger charge is -2.34. The lowest BCUT2D eigenvalue weighted by molar-refractivity contribution is -0.159. The minimum Gasteiger partial charge on any atom is -0.497 e. The number of nitrogens with one attached hydrogen (secondary N) is 2. The SMILES string of the molecule is CN.COc1cc(NC2CC(C(=O)O)C2)cc(NC(C(=O)N2CCc3ccc(OC(C)(F)F)cc32)c2ccc(Cl)cc2)c1. The highest BCUT2D eigenvalue weighted by Crippen LogP contribution is 2.37. The Morgan fingerprint density at radius 2 is 1.72 bits per heavy atom. The van der Waals surface area contributed by atoms with Gasteiger partial charge in [0.15, 0.2) is 0 Å². The van der Waals surface area contributed by atoms with Crippen molar-refractivity contribution in [1.82, 2.24) is 0 Å². The number of nitrogens with zero attached hydrogens (tertiary/aromatic N) is 1. The van der Waals surface area contributed by atoms with Crippen LogP contribution >= 0.6 is 11.6 Å². The van der Waals surface area contributed by atoms with Gasteiger partial charge in [-0.1, -0.05) is 29.8 Å². The number of amides is 1. The van der Waals surface area contributed by atoms with Gasteiger partial charge in [0.05, 0.1) is 18.7 Å². The molecule has 1 aliphatic heterocycles. The number of carbonyl (C=O) groups excluding carboxylic acids is 1. The molecule has 1 atom stereocenters. The Bertz CT molecular complexity index is 1450. The number of halogens is 3. The van der Waals surface area contributed by atoms with Crippen molar-refractivity contribution >= 4 is 40.5 Å². The van der Waals surface area contributed by atoms with Gasteiger partial charge in [-0.25, -0.2) is 0 Å². The van der Waals surface area contributed by atoms with Crippen molar-refractivity contribution in [2.24, 2.45) is 11.7 Å². The maximum Gasteiger partial charge on any atom is 0.394 e. The summed E-state index contributed by atoms with van der Waals surface area (Å²) in [6.45, 7) is 1.04. The zero-order valence-electron chi connectivity index (χ0n) is 24.1. The number of methoxy groups -OCH3 is 1. The number of aliphatic carboxylic acids is 1. The molecule has 230 valence electrons. The first kappa shape index (κ1) is 31.8. The summed E-state index contributed by atoms with van der Waals surface area (Å²) in [6.07, 6.45) is -1.75. The molecule has 5 N–H and O–H groups in total. The summed E-state index contributed by atoms with van der Waals surface area (Å²) >= 11 is 6.13. The number of hydrogen-bond acceptors (Lipinski definition) is 7. The molecule has 1 unspecified atom stereocenters. The van der Waals surface area contributed by atoms with E-state index in [4.69, 9.17) is 21.1 Å². The van der Waals surface area contributed by atoms with Gasteiger partial charge >= 0.3 is 12.1 Å². The van der Waals surface area contributed by atoms with Crippen LogP contribution in [0.1, 0.15) is 36.9 Å². The fourth-order valence-electron chi connectivity index (χ4n) is 5.18. The van der Waals surface area contributed by atoms with Crippen molar-refractivity contribution < 1.29 is 33.0 Å². The Balaban J connectivity index is 0.00000207. The molecule has 9 nitrogen and oxygen atoms in total. The first-order valence-corrected chi connectivity index (χ1v) is 14.2. The largest absolute Gasteiger partial charge is 0.497 e. The molecule has 1 heterocycles. The molecule has 0 aromatic heterocycles. The maximum atomic E-state index is 14.1. The molecule has 0 bridgehead atoms. The lowest BCUT2D eigenvalue weighted by atomic mass is 9.80. The number of rotatable bonds is 10. The summed E-state index contributed by atoms with van der Waals surface area (Å²) in [5.41, 5.74) is 7.84. The van der Waals surface area contributed by atoms with Gasteiger partial charge < -0.3 is 35.8 Å².